The predicted octanol–water partition coefficient (Wildman–Crippen LogP) is 3.21. The molecule has 0 radical (unpaired) electrons. The van der Waals surface area contributed by atoms with Crippen LogP contribution in [0.25, 0.3) is 0 Å². The van der Waals surface area contributed by atoms with Crippen LogP contribution in [-0.2, 0) is 0 Å². The topological polar surface area (TPSA) is 9.23 Å². The molecule has 0 amide bonds. The Labute approximate surface area is 81.4 Å². The van der Waals surface area contributed by atoms with E-state index in [9.17, 15) is 0 Å². The third-order valence-electron chi connectivity index (χ3n) is 1.69. The minimum atomic E-state index is -2.80. The molecule has 1 heteroatoms. The fourth-order valence-electron chi connectivity index (χ4n) is 0.996. The molecule has 66 valence electrons. The lowest BCUT2D eigenvalue weighted by molar-refractivity contribution is 0.340. The Morgan fingerprint density at radius 2 is 2.42 bits per heavy atom. The predicted molar refractivity (Wildman–Crippen MR) is 51.7 cm³/mol. The quantitative estimate of drug-likeness (QED) is 0.675. The lowest BCUT2D eigenvalue weighted by Gasteiger charge is -2.07. The van der Waals surface area contributed by atoms with Gasteiger partial charge in [0.05, 0.1) is 9.30 Å². The fourth-order valence-corrected chi connectivity index (χ4v) is 0.996. The first kappa shape index (κ1) is 4.31. The maximum Gasteiger partial charge on any atom is 0.119 e. The molecule has 0 N–H and O–H groups in total. The molecule has 0 unspecified atom stereocenters. The largest absolute Gasteiger partial charge is 0.494 e. The molecule has 0 aliphatic rings. The van der Waals surface area contributed by atoms with Gasteiger partial charge in [-0.2, -0.15) is 0 Å². The molecule has 0 fully saturated rings. The van der Waals surface area contributed by atoms with Crippen molar-refractivity contribution in [2.24, 2.45) is 0 Å². The highest BCUT2D eigenvalue weighted by atomic mass is 16.5. The van der Waals surface area contributed by atoms with Gasteiger partial charge < -0.3 is 4.74 Å². The maximum absolute atomic E-state index is 7.37. The number of benzene rings is 1. The molecule has 0 atom stereocenters. The summed E-state index contributed by atoms with van der Waals surface area (Å²) >= 11 is 0. The second kappa shape index (κ2) is 4.15. The summed E-state index contributed by atoms with van der Waals surface area (Å²) in [7, 11) is 0. The van der Waals surface area contributed by atoms with Gasteiger partial charge in [-0.05, 0) is 30.5 Å². The second-order valence-electron chi connectivity index (χ2n) is 2.93. The Morgan fingerprint density at radius 1 is 1.58 bits per heavy atom. The molecule has 0 saturated heterocycles. The summed E-state index contributed by atoms with van der Waals surface area (Å²) in [6.45, 7) is -1.49. The SMILES string of the molecule is [2H]C([2H])([2H])C([2H])([2H])Oc1cccc(C(C)C)c1. The zero-order valence-corrected chi connectivity index (χ0v) is 7.29. The number of ether oxygens (including phenoxy) is 1. The lowest BCUT2D eigenvalue weighted by Crippen LogP contribution is -1.93. The van der Waals surface area contributed by atoms with Crippen LogP contribution in [0.15, 0.2) is 24.3 Å². The van der Waals surface area contributed by atoms with E-state index in [1.54, 1.807) is 18.2 Å². The van der Waals surface area contributed by atoms with Crippen LogP contribution in [0, 0.1) is 0 Å². The van der Waals surface area contributed by atoms with E-state index in [0.29, 0.717) is 0 Å². The van der Waals surface area contributed by atoms with E-state index in [1.165, 1.54) is 0 Å². The van der Waals surface area contributed by atoms with Gasteiger partial charge in [-0.15, -0.1) is 0 Å². The molecule has 0 saturated carbocycles. The minimum Gasteiger partial charge on any atom is -0.494 e. The van der Waals surface area contributed by atoms with Gasteiger partial charge in [0.2, 0.25) is 0 Å². The Hall–Kier alpha value is -0.980. The van der Waals surface area contributed by atoms with Crippen molar-refractivity contribution in [1.82, 2.24) is 0 Å². The Morgan fingerprint density at radius 3 is 3.08 bits per heavy atom. The van der Waals surface area contributed by atoms with Crippen molar-refractivity contribution in [2.75, 3.05) is 6.56 Å². The van der Waals surface area contributed by atoms with Gasteiger partial charge in [0, 0.05) is 4.11 Å². The molecular weight excluding hydrogens is 148 g/mol. The Bertz CT molecular complexity index is 384. The molecule has 0 spiro atoms. The third kappa shape index (κ3) is 2.26. The first-order valence-electron chi connectivity index (χ1n) is 6.42. The minimum absolute atomic E-state index is 0.234. The summed E-state index contributed by atoms with van der Waals surface area (Å²) in [6.07, 6.45) is 0. The zero-order chi connectivity index (χ0) is 13.3. The monoisotopic (exact) mass is 169 g/mol. The number of hydrogen-bond donors (Lipinski definition) is 0. The average molecular weight is 169 g/mol. The molecule has 0 aliphatic carbocycles. The van der Waals surface area contributed by atoms with Crippen LogP contribution in [0.5, 0.6) is 5.75 Å². The van der Waals surface area contributed by atoms with E-state index in [2.05, 4.69) is 0 Å². The summed E-state index contributed by atoms with van der Waals surface area (Å²) in [5.41, 5.74) is 0.976. The van der Waals surface area contributed by atoms with Crippen molar-refractivity contribution in [3.05, 3.63) is 29.8 Å². The number of hydrogen-bond acceptors (Lipinski definition) is 1. The van der Waals surface area contributed by atoms with Crippen LogP contribution >= 0.6 is 0 Å². The van der Waals surface area contributed by atoms with Crippen LogP contribution in [0.2, 0.25) is 0 Å². The standard InChI is InChI=1S/C11H16O/c1-4-12-11-7-5-6-10(8-11)9(2)3/h5-9H,4H2,1-3H3/i1D3,4D2. The smallest absolute Gasteiger partial charge is 0.119 e. The molecule has 1 aromatic rings. The first-order chi connectivity index (χ1) is 7.63. The summed E-state index contributed by atoms with van der Waals surface area (Å²) in [5.74, 6) is 0.509. The van der Waals surface area contributed by atoms with Crippen LogP contribution in [-0.4, -0.2) is 6.56 Å². The van der Waals surface area contributed by atoms with Crippen molar-refractivity contribution in [3.63, 3.8) is 0 Å². The van der Waals surface area contributed by atoms with Crippen molar-refractivity contribution in [1.29, 1.82) is 0 Å². The summed E-state index contributed by atoms with van der Waals surface area (Å²) < 4.78 is 40.8. The number of rotatable bonds is 3. The van der Waals surface area contributed by atoms with E-state index in [0.717, 1.165) is 5.56 Å². The molecule has 0 aromatic heterocycles. The van der Waals surface area contributed by atoms with Gasteiger partial charge in [-0.1, -0.05) is 26.0 Å². The normalized spacial score (nSPS) is 18.8. The highest BCUT2D eigenvalue weighted by molar-refractivity contribution is 5.30. The Balaban J connectivity index is 2.92. The summed E-state index contributed by atoms with van der Waals surface area (Å²) in [5, 5.41) is 0. The summed E-state index contributed by atoms with van der Waals surface area (Å²) in [4.78, 5) is 0. The van der Waals surface area contributed by atoms with E-state index in [-0.39, 0.29) is 11.7 Å². The lowest BCUT2D eigenvalue weighted by atomic mass is 10.0. The van der Waals surface area contributed by atoms with Gasteiger partial charge in [-0.3, -0.25) is 0 Å². The maximum atomic E-state index is 7.37. The van der Waals surface area contributed by atoms with Gasteiger partial charge >= 0.3 is 0 Å². The highest BCUT2D eigenvalue weighted by Crippen LogP contribution is 2.19. The second-order valence-corrected chi connectivity index (χ2v) is 2.93. The molecule has 0 bridgehead atoms. The van der Waals surface area contributed by atoms with Crippen LogP contribution in [0.3, 0.4) is 0 Å². The highest BCUT2D eigenvalue weighted by Gasteiger charge is 1.99. The Kier molecular flexibility index (Phi) is 1.49. The molecule has 1 aromatic carbocycles. The molecule has 0 heterocycles. The zero-order valence-electron chi connectivity index (χ0n) is 12.3. The van der Waals surface area contributed by atoms with Crippen molar-refractivity contribution >= 4 is 0 Å². The summed E-state index contributed by atoms with van der Waals surface area (Å²) in [6, 6.07) is 6.83. The van der Waals surface area contributed by atoms with Crippen LogP contribution in [0.1, 0.15) is 39.0 Å². The van der Waals surface area contributed by atoms with Crippen molar-refractivity contribution < 1.29 is 11.6 Å². The third-order valence-corrected chi connectivity index (χ3v) is 1.69. The fraction of sp³-hybridized carbons (Fsp3) is 0.455. The van der Waals surface area contributed by atoms with E-state index in [4.69, 9.17) is 11.6 Å². The van der Waals surface area contributed by atoms with Crippen molar-refractivity contribution in [2.45, 2.75) is 26.6 Å². The molecule has 1 rings (SSSR count). The van der Waals surface area contributed by atoms with Crippen LogP contribution in [0.4, 0.5) is 0 Å². The van der Waals surface area contributed by atoms with E-state index in [1.807, 2.05) is 19.9 Å². The van der Waals surface area contributed by atoms with Gasteiger partial charge in [0.1, 0.15) is 5.75 Å². The van der Waals surface area contributed by atoms with Crippen LogP contribution < -0.4 is 4.74 Å². The van der Waals surface area contributed by atoms with Gasteiger partial charge in [0.25, 0.3) is 0 Å². The van der Waals surface area contributed by atoms with Gasteiger partial charge in [0.15, 0.2) is 0 Å². The molecular formula is C11H16O. The average Bonchev–Trinajstić information content (AvgIpc) is 2.15. The van der Waals surface area contributed by atoms with Crippen molar-refractivity contribution in [3.8, 4) is 5.75 Å². The van der Waals surface area contributed by atoms with E-state index >= 15 is 0 Å². The van der Waals surface area contributed by atoms with Gasteiger partial charge in [-0.25, -0.2) is 0 Å². The van der Waals surface area contributed by atoms with E-state index < -0.39 is 13.4 Å². The molecule has 1 nitrogen and oxygen atoms in total. The molecule has 12 heavy (non-hydrogen) atoms. The first-order valence-corrected chi connectivity index (χ1v) is 3.92. The molecule has 0 aliphatic heterocycles.